The first-order chi connectivity index (χ1) is 13.1. The summed E-state index contributed by atoms with van der Waals surface area (Å²) < 4.78 is 0. The summed E-state index contributed by atoms with van der Waals surface area (Å²) in [7, 11) is 0. The van der Waals surface area contributed by atoms with Gasteiger partial charge in [-0.05, 0) is 67.0 Å². The van der Waals surface area contributed by atoms with Gasteiger partial charge in [0.15, 0.2) is 0 Å². The normalized spacial score (nSPS) is 14.2. The standard InChI is InChI=1S/C23H23ClN2O/c1-3-14(2)16-7-4-5-9-19(16)26-23(27)22-17-8-6-10-20(17)25-21-12-11-15(24)13-18(21)22/h4-5,7,9,11-14H,3,6,8,10H2,1-2H3,(H,26,27). The lowest BCUT2D eigenvalue weighted by Gasteiger charge is -2.17. The van der Waals surface area contributed by atoms with Crippen LogP contribution in [0.2, 0.25) is 5.02 Å². The number of nitrogens with zero attached hydrogens (tertiary/aromatic N) is 1. The Morgan fingerprint density at radius 3 is 2.85 bits per heavy atom. The van der Waals surface area contributed by atoms with Crippen LogP contribution in [0.5, 0.6) is 0 Å². The number of carbonyl (C=O) groups is 1. The van der Waals surface area contributed by atoms with E-state index in [0.717, 1.165) is 59.1 Å². The lowest BCUT2D eigenvalue weighted by Crippen LogP contribution is -2.17. The van der Waals surface area contributed by atoms with E-state index >= 15 is 0 Å². The van der Waals surface area contributed by atoms with E-state index < -0.39 is 0 Å². The van der Waals surface area contributed by atoms with Crippen molar-refractivity contribution in [2.45, 2.75) is 45.4 Å². The molecule has 1 heterocycles. The second-order valence-electron chi connectivity index (χ2n) is 7.28. The number of anilines is 1. The Morgan fingerprint density at radius 1 is 1.22 bits per heavy atom. The van der Waals surface area contributed by atoms with Crippen LogP contribution in [0.1, 0.15) is 59.8 Å². The molecule has 4 rings (SSSR count). The van der Waals surface area contributed by atoms with Gasteiger partial charge in [-0.2, -0.15) is 0 Å². The average Bonchev–Trinajstić information content (AvgIpc) is 3.13. The fraction of sp³-hybridized carbons (Fsp3) is 0.304. The highest BCUT2D eigenvalue weighted by Gasteiger charge is 2.24. The number of rotatable bonds is 4. The molecule has 1 N–H and O–H groups in total. The molecule has 0 radical (unpaired) electrons. The van der Waals surface area contributed by atoms with Crippen LogP contribution in [-0.4, -0.2) is 10.9 Å². The number of nitrogens with one attached hydrogen (secondary N) is 1. The number of halogens is 1. The number of hydrogen-bond acceptors (Lipinski definition) is 2. The molecule has 0 bridgehead atoms. The second-order valence-corrected chi connectivity index (χ2v) is 7.71. The molecular weight excluding hydrogens is 356 g/mol. The third kappa shape index (κ3) is 3.32. The molecule has 3 aromatic rings. The summed E-state index contributed by atoms with van der Waals surface area (Å²) in [4.78, 5) is 18.1. The fourth-order valence-electron chi connectivity index (χ4n) is 3.94. The van der Waals surface area contributed by atoms with Gasteiger partial charge in [-0.15, -0.1) is 0 Å². The van der Waals surface area contributed by atoms with E-state index in [2.05, 4.69) is 25.2 Å². The molecule has 0 fully saturated rings. The summed E-state index contributed by atoms with van der Waals surface area (Å²) in [5.41, 5.74) is 5.74. The number of hydrogen-bond donors (Lipinski definition) is 1. The molecule has 1 unspecified atom stereocenters. The van der Waals surface area contributed by atoms with E-state index in [9.17, 15) is 4.79 Å². The maximum Gasteiger partial charge on any atom is 0.256 e. The van der Waals surface area contributed by atoms with E-state index in [0.29, 0.717) is 10.9 Å². The smallest absolute Gasteiger partial charge is 0.256 e. The Kier molecular flexibility index (Phi) is 4.88. The zero-order valence-electron chi connectivity index (χ0n) is 15.7. The topological polar surface area (TPSA) is 42.0 Å². The van der Waals surface area contributed by atoms with Gasteiger partial charge in [0.2, 0.25) is 0 Å². The number of aryl methyl sites for hydroxylation is 1. The number of fused-ring (bicyclic) bond motifs is 2. The molecule has 4 heteroatoms. The fourth-order valence-corrected chi connectivity index (χ4v) is 4.11. The number of benzene rings is 2. The van der Waals surface area contributed by atoms with E-state index in [1.165, 1.54) is 5.56 Å². The van der Waals surface area contributed by atoms with Crippen LogP contribution in [0.15, 0.2) is 42.5 Å². The van der Waals surface area contributed by atoms with Crippen LogP contribution >= 0.6 is 11.6 Å². The summed E-state index contributed by atoms with van der Waals surface area (Å²) >= 11 is 6.23. The predicted molar refractivity (Wildman–Crippen MR) is 112 cm³/mol. The first-order valence-corrected chi connectivity index (χ1v) is 9.97. The number of para-hydroxylation sites is 1. The minimum Gasteiger partial charge on any atom is -0.322 e. The van der Waals surface area contributed by atoms with Gasteiger partial charge in [0.25, 0.3) is 5.91 Å². The van der Waals surface area contributed by atoms with E-state index in [-0.39, 0.29) is 5.91 Å². The zero-order valence-corrected chi connectivity index (χ0v) is 16.4. The Labute approximate surface area is 164 Å². The van der Waals surface area contributed by atoms with Gasteiger partial charge in [0, 0.05) is 21.8 Å². The highest BCUT2D eigenvalue weighted by atomic mass is 35.5. The molecule has 1 amide bonds. The maximum atomic E-state index is 13.4. The first kappa shape index (κ1) is 18.0. The predicted octanol–water partition coefficient (Wildman–Crippen LogP) is 6.14. The van der Waals surface area contributed by atoms with Gasteiger partial charge < -0.3 is 5.32 Å². The average molecular weight is 379 g/mol. The van der Waals surface area contributed by atoms with Gasteiger partial charge in [-0.1, -0.05) is 43.6 Å². The van der Waals surface area contributed by atoms with Crippen molar-refractivity contribution in [3.8, 4) is 0 Å². The SMILES string of the molecule is CCC(C)c1ccccc1NC(=O)c1c2c(nc3ccc(Cl)cc13)CCC2. The van der Waals surface area contributed by atoms with Gasteiger partial charge in [0.1, 0.15) is 0 Å². The number of carbonyl (C=O) groups excluding carboxylic acids is 1. The molecule has 0 saturated heterocycles. The largest absolute Gasteiger partial charge is 0.322 e. The van der Waals surface area contributed by atoms with Crippen molar-refractivity contribution in [3.05, 3.63) is 69.9 Å². The summed E-state index contributed by atoms with van der Waals surface area (Å²) in [5, 5.41) is 4.63. The van der Waals surface area contributed by atoms with Crippen molar-refractivity contribution >= 4 is 34.1 Å². The molecule has 3 nitrogen and oxygen atoms in total. The summed E-state index contributed by atoms with van der Waals surface area (Å²) in [5.74, 6) is 0.314. The molecule has 0 saturated carbocycles. The molecule has 1 atom stereocenters. The Balaban J connectivity index is 1.81. The Bertz CT molecular complexity index is 1030. The number of aromatic nitrogens is 1. The van der Waals surface area contributed by atoms with Crippen molar-refractivity contribution in [2.24, 2.45) is 0 Å². The molecule has 0 spiro atoms. The third-order valence-corrected chi connectivity index (χ3v) is 5.79. The highest BCUT2D eigenvalue weighted by molar-refractivity contribution is 6.31. The lowest BCUT2D eigenvalue weighted by molar-refractivity contribution is 0.102. The quantitative estimate of drug-likeness (QED) is 0.592. The Morgan fingerprint density at radius 2 is 2.04 bits per heavy atom. The molecule has 1 aliphatic rings. The van der Waals surface area contributed by atoms with Gasteiger partial charge in [0.05, 0.1) is 11.1 Å². The minimum atomic E-state index is -0.0708. The molecule has 2 aromatic carbocycles. The van der Waals surface area contributed by atoms with Crippen molar-refractivity contribution in [2.75, 3.05) is 5.32 Å². The van der Waals surface area contributed by atoms with Crippen LogP contribution in [0, 0.1) is 0 Å². The molecule has 0 aliphatic heterocycles. The van der Waals surface area contributed by atoms with E-state index in [1.807, 2.05) is 36.4 Å². The molecule has 27 heavy (non-hydrogen) atoms. The van der Waals surface area contributed by atoms with Crippen LogP contribution in [-0.2, 0) is 12.8 Å². The van der Waals surface area contributed by atoms with Gasteiger partial charge in [-0.25, -0.2) is 0 Å². The number of amides is 1. The van der Waals surface area contributed by atoms with Crippen LogP contribution in [0.3, 0.4) is 0 Å². The van der Waals surface area contributed by atoms with E-state index in [1.54, 1.807) is 0 Å². The first-order valence-electron chi connectivity index (χ1n) is 9.59. The van der Waals surface area contributed by atoms with Gasteiger partial charge in [-0.3, -0.25) is 9.78 Å². The summed E-state index contributed by atoms with van der Waals surface area (Å²) in [6.07, 6.45) is 3.88. The Hall–Kier alpha value is -2.39. The molecule has 138 valence electrons. The lowest BCUT2D eigenvalue weighted by atomic mass is 9.96. The van der Waals surface area contributed by atoms with Crippen LogP contribution in [0.4, 0.5) is 5.69 Å². The van der Waals surface area contributed by atoms with Crippen molar-refractivity contribution < 1.29 is 4.79 Å². The van der Waals surface area contributed by atoms with Crippen molar-refractivity contribution in [3.63, 3.8) is 0 Å². The van der Waals surface area contributed by atoms with E-state index in [4.69, 9.17) is 16.6 Å². The highest BCUT2D eigenvalue weighted by Crippen LogP contribution is 2.33. The van der Waals surface area contributed by atoms with Crippen LogP contribution < -0.4 is 5.32 Å². The molecule has 1 aromatic heterocycles. The zero-order chi connectivity index (χ0) is 19.0. The molecule has 1 aliphatic carbocycles. The van der Waals surface area contributed by atoms with Gasteiger partial charge >= 0.3 is 0 Å². The summed E-state index contributed by atoms with van der Waals surface area (Å²) in [6.45, 7) is 4.35. The minimum absolute atomic E-state index is 0.0708. The van der Waals surface area contributed by atoms with Crippen LogP contribution in [0.25, 0.3) is 10.9 Å². The van der Waals surface area contributed by atoms with Crippen molar-refractivity contribution in [1.29, 1.82) is 0 Å². The van der Waals surface area contributed by atoms with Crippen molar-refractivity contribution in [1.82, 2.24) is 4.98 Å². The second kappa shape index (κ2) is 7.32. The maximum absolute atomic E-state index is 13.4. The monoisotopic (exact) mass is 378 g/mol. The molecular formula is C23H23ClN2O. The summed E-state index contributed by atoms with van der Waals surface area (Å²) in [6, 6.07) is 13.7. The number of pyridine rings is 1. The third-order valence-electron chi connectivity index (χ3n) is 5.55.